The van der Waals surface area contributed by atoms with Crippen LogP contribution in [-0.4, -0.2) is 14.8 Å². The van der Waals surface area contributed by atoms with Gasteiger partial charge in [-0.15, -0.1) is 0 Å². The summed E-state index contributed by atoms with van der Waals surface area (Å²) in [5, 5.41) is 7.67. The van der Waals surface area contributed by atoms with E-state index in [1.54, 1.807) is 11.0 Å². The Balaban J connectivity index is 1.35. The highest BCUT2D eigenvalue weighted by atomic mass is 16.3. The zero-order valence-electron chi connectivity index (χ0n) is 14.0. The second-order valence-corrected chi connectivity index (χ2v) is 6.66. The van der Waals surface area contributed by atoms with E-state index in [1.807, 2.05) is 0 Å². The van der Waals surface area contributed by atoms with Gasteiger partial charge < -0.3 is 9.73 Å². The molecule has 124 valence electrons. The van der Waals surface area contributed by atoms with Crippen LogP contribution in [0.1, 0.15) is 49.3 Å². The number of hydrogen-bond acceptors (Lipinski definition) is 4. The Hall–Kier alpha value is -2.40. The number of aromatic nitrogens is 3. The van der Waals surface area contributed by atoms with Crippen molar-refractivity contribution < 1.29 is 4.42 Å². The second-order valence-electron chi connectivity index (χ2n) is 6.66. The molecule has 0 aliphatic heterocycles. The highest BCUT2D eigenvalue weighted by Gasteiger charge is 2.36. The molecule has 0 radical (unpaired) electrons. The molecular weight excluding hydrogens is 300 g/mol. The van der Waals surface area contributed by atoms with Crippen molar-refractivity contribution in [3.8, 4) is 5.69 Å². The number of hydrogen-bond donors (Lipinski definition) is 1. The maximum Gasteiger partial charge on any atom is 0.138 e. The topological polar surface area (TPSA) is 55.9 Å². The summed E-state index contributed by atoms with van der Waals surface area (Å²) in [6.07, 6.45) is 4.50. The van der Waals surface area contributed by atoms with Crippen LogP contribution >= 0.6 is 0 Å². The molecule has 0 bridgehead atoms. The summed E-state index contributed by atoms with van der Waals surface area (Å²) in [4.78, 5) is 3.97. The van der Waals surface area contributed by atoms with Crippen LogP contribution in [0.5, 0.6) is 0 Å². The van der Waals surface area contributed by atoms with Crippen LogP contribution in [-0.2, 0) is 6.54 Å². The Morgan fingerprint density at radius 2 is 2.04 bits per heavy atom. The van der Waals surface area contributed by atoms with E-state index >= 15 is 0 Å². The zero-order chi connectivity index (χ0) is 16.5. The molecule has 0 amide bonds. The smallest absolute Gasteiger partial charge is 0.138 e. The fourth-order valence-electron chi connectivity index (χ4n) is 3.04. The zero-order valence-corrected chi connectivity index (χ0v) is 14.0. The summed E-state index contributed by atoms with van der Waals surface area (Å²) in [6.45, 7) is 5.18. The average molecular weight is 322 g/mol. The minimum atomic E-state index is 0.253. The molecular formula is C19H22N4O. The van der Waals surface area contributed by atoms with Crippen molar-refractivity contribution in [2.45, 2.75) is 38.8 Å². The Morgan fingerprint density at radius 3 is 2.71 bits per heavy atom. The van der Waals surface area contributed by atoms with Crippen LogP contribution in [0.4, 0.5) is 0 Å². The van der Waals surface area contributed by atoms with Gasteiger partial charge in [-0.05, 0) is 49.1 Å². The molecule has 3 unspecified atom stereocenters. The van der Waals surface area contributed by atoms with E-state index in [0.717, 1.165) is 29.7 Å². The second kappa shape index (κ2) is 6.24. The van der Waals surface area contributed by atoms with Gasteiger partial charge in [-0.3, -0.25) is 0 Å². The number of benzene rings is 1. The van der Waals surface area contributed by atoms with Gasteiger partial charge in [0, 0.05) is 12.0 Å². The van der Waals surface area contributed by atoms with Crippen molar-refractivity contribution in [2.24, 2.45) is 5.92 Å². The monoisotopic (exact) mass is 322 g/mol. The first-order chi connectivity index (χ1) is 11.7. The van der Waals surface area contributed by atoms with Crippen molar-refractivity contribution >= 4 is 0 Å². The van der Waals surface area contributed by atoms with E-state index in [-0.39, 0.29) is 6.04 Å². The lowest BCUT2D eigenvalue weighted by atomic mass is 10.1. The van der Waals surface area contributed by atoms with Crippen LogP contribution in [0.25, 0.3) is 5.69 Å². The lowest BCUT2D eigenvalue weighted by molar-refractivity contribution is 0.430. The normalized spacial score (nSPS) is 20.9. The molecule has 24 heavy (non-hydrogen) atoms. The van der Waals surface area contributed by atoms with E-state index in [1.165, 1.54) is 18.3 Å². The van der Waals surface area contributed by atoms with Crippen LogP contribution < -0.4 is 5.32 Å². The first kappa shape index (κ1) is 15.1. The summed E-state index contributed by atoms with van der Waals surface area (Å²) in [5.41, 5.74) is 2.25. The van der Waals surface area contributed by atoms with Gasteiger partial charge >= 0.3 is 0 Å². The van der Waals surface area contributed by atoms with E-state index in [4.69, 9.17) is 4.42 Å². The van der Waals surface area contributed by atoms with Gasteiger partial charge in [-0.25, -0.2) is 9.67 Å². The molecule has 5 nitrogen and oxygen atoms in total. The predicted molar refractivity (Wildman–Crippen MR) is 91.8 cm³/mol. The maximum atomic E-state index is 5.95. The summed E-state index contributed by atoms with van der Waals surface area (Å²) >= 11 is 0. The maximum absolute atomic E-state index is 5.95. The summed E-state index contributed by atoms with van der Waals surface area (Å²) in [6, 6.07) is 12.8. The predicted octanol–water partition coefficient (Wildman–Crippen LogP) is 3.83. The first-order valence-electron chi connectivity index (χ1n) is 8.47. The molecule has 4 rings (SSSR count). The van der Waals surface area contributed by atoms with E-state index in [0.29, 0.717) is 5.92 Å². The molecule has 0 saturated heterocycles. The molecule has 0 spiro atoms. The molecule has 5 heteroatoms. The van der Waals surface area contributed by atoms with Crippen LogP contribution in [0.2, 0.25) is 0 Å². The van der Waals surface area contributed by atoms with Gasteiger partial charge in [0.05, 0.1) is 12.2 Å². The molecule has 2 aromatic heterocycles. The highest BCUT2D eigenvalue weighted by molar-refractivity contribution is 5.34. The van der Waals surface area contributed by atoms with Gasteiger partial charge in [-0.1, -0.05) is 19.1 Å². The van der Waals surface area contributed by atoms with Gasteiger partial charge in [-0.2, -0.15) is 5.10 Å². The van der Waals surface area contributed by atoms with Crippen molar-refractivity contribution in [3.05, 3.63) is 66.1 Å². The third-order valence-electron chi connectivity index (χ3n) is 4.82. The molecule has 2 heterocycles. The molecule has 1 aliphatic rings. The lowest BCUT2D eigenvalue weighted by Gasteiger charge is -2.14. The Bertz CT molecular complexity index is 791. The van der Waals surface area contributed by atoms with Crippen LogP contribution in [0, 0.1) is 5.92 Å². The molecule has 3 atom stereocenters. The van der Waals surface area contributed by atoms with E-state index < -0.39 is 0 Å². The molecule has 1 aliphatic carbocycles. The molecule has 1 saturated carbocycles. The van der Waals surface area contributed by atoms with Crippen molar-refractivity contribution in [3.63, 3.8) is 0 Å². The largest absolute Gasteiger partial charge is 0.464 e. The van der Waals surface area contributed by atoms with Gasteiger partial charge in [0.25, 0.3) is 0 Å². The SMILES string of the molecule is CC(NCc1ccc(C2CC2C)o1)c1ccc(-n2cncn2)cc1. The third kappa shape index (κ3) is 3.12. The van der Waals surface area contributed by atoms with Crippen molar-refractivity contribution in [1.29, 1.82) is 0 Å². The summed E-state index contributed by atoms with van der Waals surface area (Å²) in [7, 11) is 0. The van der Waals surface area contributed by atoms with Crippen LogP contribution in [0.3, 0.4) is 0 Å². The summed E-state index contributed by atoms with van der Waals surface area (Å²) in [5.74, 6) is 3.57. The Kier molecular flexibility index (Phi) is 3.94. The van der Waals surface area contributed by atoms with Gasteiger partial charge in [0.15, 0.2) is 0 Å². The first-order valence-corrected chi connectivity index (χ1v) is 8.47. The minimum absolute atomic E-state index is 0.253. The van der Waals surface area contributed by atoms with Crippen molar-refractivity contribution in [1.82, 2.24) is 20.1 Å². The fraction of sp³-hybridized carbons (Fsp3) is 0.368. The molecule has 1 fully saturated rings. The Labute approximate surface area is 141 Å². The Morgan fingerprint density at radius 1 is 1.25 bits per heavy atom. The fourth-order valence-corrected chi connectivity index (χ4v) is 3.04. The number of rotatable bonds is 6. The van der Waals surface area contributed by atoms with Crippen molar-refractivity contribution in [2.75, 3.05) is 0 Å². The standard InChI is InChI=1S/C19H22N4O/c1-13-9-18(13)19-8-7-17(24-19)10-21-14(2)15-3-5-16(6-4-15)23-12-20-11-22-23/h3-8,11-14,18,21H,9-10H2,1-2H3. The minimum Gasteiger partial charge on any atom is -0.464 e. The summed E-state index contributed by atoms with van der Waals surface area (Å²) < 4.78 is 7.71. The number of nitrogens with zero attached hydrogens (tertiary/aromatic N) is 3. The highest BCUT2D eigenvalue weighted by Crippen LogP contribution is 2.47. The average Bonchev–Trinajstić information content (AvgIpc) is 3.04. The number of furan rings is 1. The lowest BCUT2D eigenvalue weighted by Crippen LogP contribution is -2.17. The third-order valence-corrected chi connectivity index (χ3v) is 4.82. The van der Waals surface area contributed by atoms with E-state index in [9.17, 15) is 0 Å². The van der Waals surface area contributed by atoms with Crippen LogP contribution in [0.15, 0.2) is 53.5 Å². The van der Waals surface area contributed by atoms with Gasteiger partial charge in [0.2, 0.25) is 0 Å². The van der Waals surface area contributed by atoms with Gasteiger partial charge in [0.1, 0.15) is 24.2 Å². The quantitative estimate of drug-likeness (QED) is 0.749. The number of nitrogens with one attached hydrogen (secondary N) is 1. The molecule has 1 aromatic carbocycles. The molecule has 3 aromatic rings. The van der Waals surface area contributed by atoms with E-state index in [2.05, 4.69) is 65.6 Å². The molecule has 1 N–H and O–H groups in total.